The molecular weight excluding hydrogens is 251 g/mol. The van der Waals surface area contributed by atoms with Gasteiger partial charge >= 0.3 is 0 Å². The Morgan fingerprint density at radius 2 is 1.84 bits per heavy atom. The Morgan fingerprint density at radius 1 is 1.16 bits per heavy atom. The minimum Gasteiger partial charge on any atom is -0.207 e. The van der Waals surface area contributed by atoms with E-state index in [9.17, 15) is 4.39 Å². The summed E-state index contributed by atoms with van der Waals surface area (Å²) in [6.45, 7) is 2.20. The molecule has 0 aromatic heterocycles. The van der Waals surface area contributed by atoms with E-state index in [-0.39, 0.29) is 5.82 Å². The Labute approximate surface area is 118 Å². The van der Waals surface area contributed by atoms with Crippen LogP contribution in [0, 0.1) is 5.82 Å². The average Bonchev–Trinajstić information content (AvgIpc) is 2.45. The quantitative estimate of drug-likeness (QED) is 0.506. The molecule has 104 valence electrons. The predicted octanol–water partition coefficient (Wildman–Crippen LogP) is 5.29. The lowest BCUT2D eigenvalue weighted by Crippen LogP contribution is -2.20. The van der Waals surface area contributed by atoms with Gasteiger partial charge in [-0.3, -0.25) is 0 Å². The molecule has 1 heterocycles. The zero-order chi connectivity index (χ0) is 13.5. The van der Waals surface area contributed by atoms with Crippen molar-refractivity contribution in [3.05, 3.63) is 47.8 Å². The molecule has 0 spiro atoms. The van der Waals surface area contributed by atoms with E-state index in [4.69, 9.17) is 0 Å². The van der Waals surface area contributed by atoms with E-state index in [0.717, 1.165) is 0 Å². The zero-order valence-corrected chi connectivity index (χ0v) is 13.1. The Balaban J connectivity index is 1.76. The van der Waals surface area contributed by atoms with Crippen LogP contribution in [0.4, 0.5) is 4.39 Å². The summed E-state index contributed by atoms with van der Waals surface area (Å²) in [5.41, 5.74) is 1.35. The largest absolute Gasteiger partial charge is 0.207 e. The highest BCUT2D eigenvalue weighted by molar-refractivity contribution is 6.59. The van der Waals surface area contributed by atoms with Crippen LogP contribution >= 0.6 is 0 Å². The van der Waals surface area contributed by atoms with Crippen molar-refractivity contribution in [2.24, 2.45) is 0 Å². The van der Waals surface area contributed by atoms with Crippen molar-refractivity contribution in [2.45, 2.75) is 56.7 Å². The summed E-state index contributed by atoms with van der Waals surface area (Å²) in [5, 5.41) is 0. The molecule has 0 saturated carbocycles. The van der Waals surface area contributed by atoms with Gasteiger partial charge in [-0.25, -0.2) is 4.39 Å². The molecule has 19 heavy (non-hydrogen) atoms. The number of benzene rings is 1. The van der Waals surface area contributed by atoms with Crippen molar-refractivity contribution in [3.63, 3.8) is 0 Å². The van der Waals surface area contributed by atoms with Crippen LogP contribution in [0.2, 0.25) is 18.1 Å². The molecule has 2 heteroatoms. The van der Waals surface area contributed by atoms with Crippen molar-refractivity contribution < 1.29 is 4.39 Å². The average molecular weight is 276 g/mol. The standard InChI is InChI=1S/C17H25FSi/c1-2-3-4-5-12-19-13-10-16(11-14-19)15-6-8-17(18)9-7-15/h3-4,6-9,16,19H,2,5,10-14H2,1H3/t16-,19-. The van der Waals surface area contributed by atoms with Gasteiger partial charge in [0.2, 0.25) is 0 Å². The van der Waals surface area contributed by atoms with Crippen LogP contribution in [-0.4, -0.2) is 8.80 Å². The molecule has 1 saturated heterocycles. The SMILES string of the molecule is CCC=CCC[Si@H]1CC[C@H](c2ccc(F)cc2)CC1. The van der Waals surface area contributed by atoms with Gasteiger partial charge in [-0.1, -0.05) is 49.3 Å². The summed E-state index contributed by atoms with van der Waals surface area (Å²) < 4.78 is 12.9. The van der Waals surface area contributed by atoms with Crippen LogP contribution in [0.25, 0.3) is 0 Å². The minimum absolute atomic E-state index is 0.116. The smallest absolute Gasteiger partial charge is 0.123 e. The second-order valence-electron chi connectivity index (χ2n) is 5.73. The molecule has 1 aliphatic rings. The Morgan fingerprint density at radius 3 is 2.47 bits per heavy atom. The molecule has 0 N–H and O–H groups in total. The fourth-order valence-electron chi connectivity index (χ4n) is 3.14. The topological polar surface area (TPSA) is 0 Å². The monoisotopic (exact) mass is 276 g/mol. The van der Waals surface area contributed by atoms with E-state index < -0.39 is 8.80 Å². The molecule has 0 amide bonds. The van der Waals surface area contributed by atoms with Gasteiger partial charge in [0.15, 0.2) is 0 Å². The summed E-state index contributed by atoms with van der Waals surface area (Å²) in [4.78, 5) is 0. The van der Waals surface area contributed by atoms with E-state index in [1.165, 1.54) is 49.4 Å². The first-order valence-electron chi connectivity index (χ1n) is 7.70. The lowest BCUT2D eigenvalue weighted by atomic mass is 9.93. The predicted molar refractivity (Wildman–Crippen MR) is 84.0 cm³/mol. The van der Waals surface area contributed by atoms with Crippen molar-refractivity contribution >= 4 is 8.80 Å². The Kier molecular flexibility index (Phi) is 5.83. The van der Waals surface area contributed by atoms with Gasteiger partial charge in [0, 0.05) is 8.80 Å². The Hall–Kier alpha value is -0.893. The van der Waals surface area contributed by atoms with Crippen LogP contribution in [0.5, 0.6) is 0 Å². The number of rotatable bonds is 5. The van der Waals surface area contributed by atoms with Gasteiger partial charge in [-0.2, -0.15) is 0 Å². The minimum atomic E-state index is -0.466. The summed E-state index contributed by atoms with van der Waals surface area (Å²) in [6.07, 6.45) is 9.78. The molecular formula is C17H25FSi. The first kappa shape index (κ1) is 14.5. The van der Waals surface area contributed by atoms with Gasteiger partial charge in [0.1, 0.15) is 5.82 Å². The molecule has 1 aliphatic heterocycles. The third-order valence-corrected chi connectivity index (χ3v) is 7.78. The third-order valence-electron chi connectivity index (χ3n) is 4.33. The maximum atomic E-state index is 12.9. The molecule has 1 fully saturated rings. The van der Waals surface area contributed by atoms with Crippen molar-refractivity contribution in [2.75, 3.05) is 0 Å². The van der Waals surface area contributed by atoms with Crippen molar-refractivity contribution in [3.8, 4) is 0 Å². The molecule has 0 atom stereocenters. The van der Waals surface area contributed by atoms with E-state index in [0.29, 0.717) is 5.92 Å². The molecule has 2 rings (SSSR count). The van der Waals surface area contributed by atoms with Crippen LogP contribution in [0.3, 0.4) is 0 Å². The molecule has 0 unspecified atom stereocenters. The molecule has 0 bridgehead atoms. The number of halogens is 1. The first-order chi connectivity index (χ1) is 9.29. The maximum absolute atomic E-state index is 12.9. The van der Waals surface area contributed by atoms with E-state index in [1.807, 2.05) is 12.1 Å². The molecule has 0 radical (unpaired) electrons. The Bertz CT molecular complexity index is 388. The molecule has 0 nitrogen and oxygen atoms in total. The van der Waals surface area contributed by atoms with Gasteiger partial charge in [0.25, 0.3) is 0 Å². The van der Waals surface area contributed by atoms with Crippen molar-refractivity contribution in [1.29, 1.82) is 0 Å². The zero-order valence-electron chi connectivity index (χ0n) is 11.9. The van der Waals surface area contributed by atoms with Crippen LogP contribution < -0.4 is 0 Å². The number of allylic oxidation sites excluding steroid dienone is 2. The van der Waals surface area contributed by atoms with Gasteiger partial charge in [-0.05, 0) is 49.3 Å². The highest BCUT2D eigenvalue weighted by Crippen LogP contribution is 2.34. The van der Waals surface area contributed by atoms with E-state index >= 15 is 0 Å². The van der Waals surface area contributed by atoms with Crippen LogP contribution in [0.15, 0.2) is 36.4 Å². The van der Waals surface area contributed by atoms with Gasteiger partial charge in [0.05, 0.1) is 0 Å². The first-order valence-corrected chi connectivity index (χ1v) is 10.1. The second kappa shape index (κ2) is 7.64. The number of hydrogen-bond donors (Lipinski definition) is 0. The number of hydrogen-bond acceptors (Lipinski definition) is 0. The van der Waals surface area contributed by atoms with Crippen LogP contribution in [0.1, 0.15) is 44.1 Å². The second-order valence-corrected chi connectivity index (χ2v) is 9.19. The summed E-state index contributed by atoms with van der Waals surface area (Å²) in [5.74, 6) is 0.574. The van der Waals surface area contributed by atoms with E-state index in [1.54, 1.807) is 12.1 Å². The fourth-order valence-corrected chi connectivity index (χ4v) is 6.41. The lowest BCUT2D eigenvalue weighted by molar-refractivity contribution is 0.598. The molecule has 1 aromatic rings. The maximum Gasteiger partial charge on any atom is 0.123 e. The fraction of sp³-hybridized carbons (Fsp3) is 0.529. The summed E-state index contributed by atoms with van der Waals surface area (Å²) >= 11 is 0. The lowest BCUT2D eigenvalue weighted by Gasteiger charge is -2.27. The third kappa shape index (κ3) is 4.61. The summed E-state index contributed by atoms with van der Waals surface area (Å²) in [6, 6.07) is 11.6. The van der Waals surface area contributed by atoms with Crippen molar-refractivity contribution in [1.82, 2.24) is 0 Å². The van der Waals surface area contributed by atoms with Crippen LogP contribution in [-0.2, 0) is 0 Å². The highest BCUT2D eigenvalue weighted by atomic mass is 28.3. The van der Waals surface area contributed by atoms with Gasteiger partial charge in [-0.15, -0.1) is 0 Å². The van der Waals surface area contributed by atoms with Gasteiger partial charge < -0.3 is 0 Å². The summed E-state index contributed by atoms with van der Waals surface area (Å²) in [7, 11) is -0.466. The van der Waals surface area contributed by atoms with E-state index in [2.05, 4.69) is 19.1 Å². The highest BCUT2D eigenvalue weighted by Gasteiger charge is 2.22. The molecule has 0 aliphatic carbocycles. The molecule has 1 aromatic carbocycles. The normalized spacial score (nSPS) is 23.9.